The summed E-state index contributed by atoms with van der Waals surface area (Å²) in [6.07, 6.45) is -11.7. The van der Waals surface area contributed by atoms with Crippen LogP contribution in [0.25, 0.3) is 22.2 Å². The average Bonchev–Trinajstić information content (AvgIpc) is 3.71. The summed E-state index contributed by atoms with van der Waals surface area (Å²) in [6, 6.07) is 2.81. The first-order valence-corrected chi connectivity index (χ1v) is 17.2. The Morgan fingerprint density at radius 2 is 1.59 bits per heavy atom. The van der Waals surface area contributed by atoms with E-state index in [2.05, 4.69) is 19.9 Å². The van der Waals surface area contributed by atoms with Gasteiger partial charge in [-0.3, -0.25) is 32.0 Å². The zero-order chi connectivity index (χ0) is 32.7. The maximum atomic E-state index is 15.9. The maximum absolute atomic E-state index is 15.9. The summed E-state index contributed by atoms with van der Waals surface area (Å²) in [5.74, 6) is 0. The lowest BCUT2D eigenvalue weighted by Gasteiger charge is -2.27. The topological polar surface area (TPSA) is 232 Å². The van der Waals surface area contributed by atoms with Crippen molar-refractivity contribution >= 4 is 72.6 Å². The van der Waals surface area contributed by atoms with Crippen molar-refractivity contribution in [2.45, 2.75) is 49.1 Å². The number of rotatable bonds is 2. The normalized spacial score (nSPS) is 37.2. The number of aromatic amines is 1. The Bertz CT molecular complexity index is 2000. The van der Waals surface area contributed by atoms with Gasteiger partial charge >= 0.3 is 15.6 Å². The molecule has 18 nitrogen and oxygen atoms in total. The molecule has 0 bridgehead atoms. The molecule has 6 unspecified atom stereocenters. The minimum absolute atomic E-state index is 0.0844. The van der Waals surface area contributed by atoms with E-state index in [0.717, 1.165) is 17.2 Å². The monoisotopic (exact) mass is 746 g/mol. The molecule has 3 aliphatic heterocycles. The average molecular weight is 748 g/mol. The highest BCUT2D eigenvalue weighted by atomic mass is 35.5. The van der Waals surface area contributed by atoms with Crippen LogP contribution < -0.4 is 5.56 Å². The lowest BCUT2D eigenvalue weighted by Crippen LogP contribution is -2.38. The van der Waals surface area contributed by atoms with E-state index in [-0.39, 0.29) is 37.5 Å². The molecule has 0 aliphatic carbocycles. The first kappa shape index (κ1) is 32.5. The Labute approximate surface area is 270 Å². The summed E-state index contributed by atoms with van der Waals surface area (Å²) in [7, 11) is -10.3. The van der Waals surface area contributed by atoms with Crippen LogP contribution in [0.5, 0.6) is 0 Å². The minimum atomic E-state index is -5.14. The molecule has 1 aromatic carbocycles. The highest BCUT2D eigenvalue weighted by Crippen LogP contribution is 2.54. The summed E-state index contributed by atoms with van der Waals surface area (Å²) < 4.78 is 76.3. The number of aliphatic hydroxyl groups is 1. The van der Waals surface area contributed by atoms with Crippen molar-refractivity contribution in [1.29, 1.82) is 0 Å². The fraction of sp³-hybridized carbons (Fsp3) is 0.455. The van der Waals surface area contributed by atoms with Gasteiger partial charge in [-0.05, 0) is 23.7 Å². The largest absolute Gasteiger partial charge is 0.472 e. The van der Waals surface area contributed by atoms with E-state index in [9.17, 15) is 28.8 Å². The number of ether oxygens (including phenoxy) is 2. The first-order valence-electron chi connectivity index (χ1n) is 13.1. The van der Waals surface area contributed by atoms with Gasteiger partial charge in [0.2, 0.25) is 5.28 Å². The number of aliphatic hydroxyl groups excluding tert-OH is 1. The number of aromatic nitrogens is 6. The van der Waals surface area contributed by atoms with Crippen LogP contribution in [0.1, 0.15) is 12.5 Å². The molecule has 4 aromatic rings. The molecule has 3 saturated heterocycles. The van der Waals surface area contributed by atoms with Crippen LogP contribution in [0, 0.1) is 0 Å². The van der Waals surface area contributed by atoms with Gasteiger partial charge in [0.1, 0.15) is 30.5 Å². The van der Waals surface area contributed by atoms with Crippen molar-refractivity contribution in [2.75, 3.05) is 13.2 Å². The van der Waals surface area contributed by atoms with E-state index < -0.39 is 83.6 Å². The third kappa shape index (κ3) is 5.71. The SMILES string of the molecule is O=c1[nH]cnc2c1ncn2[C@@H]1O[C@@H]2COP(=O)(O)OC3C(O)[C@H](n4c(Cl)nc5cc(Cl)c(Cl)cc54)O[C@@H]3COP(=O)(O)OC2C1F. The lowest BCUT2D eigenvalue weighted by atomic mass is 10.1. The molecule has 10 atom stereocenters. The fourth-order valence-electron chi connectivity index (χ4n) is 5.43. The number of H-pyrrole nitrogens is 1. The van der Waals surface area contributed by atoms with Gasteiger partial charge in [-0.15, -0.1) is 0 Å². The van der Waals surface area contributed by atoms with Gasteiger partial charge in [0.05, 0.1) is 46.9 Å². The van der Waals surface area contributed by atoms with Crippen molar-refractivity contribution in [3.05, 3.63) is 50.5 Å². The van der Waals surface area contributed by atoms with Crippen molar-refractivity contribution < 1.29 is 56.0 Å². The summed E-state index contributed by atoms with van der Waals surface area (Å²) in [6.45, 7) is -1.79. The molecule has 0 radical (unpaired) electrons. The predicted octanol–water partition coefficient (Wildman–Crippen LogP) is 2.64. The van der Waals surface area contributed by atoms with Crippen LogP contribution in [0.15, 0.2) is 29.6 Å². The van der Waals surface area contributed by atoms with E-state index >= 15 is 4.39 Å². The number of phosphoric acid groups is 2. The van der Waals surface area contributed by atoms with Gasteiger partial charge in [-0.2, -0.15) is 0 Å². The number of fused-ring (bicyclic) bond motifs is 4. The van der Waals surface area contributed by atoms with Crippen LogP contribution >= 0.6 is 50.4 Å². The molecule has 6 heterocycles. The zero-order valence-electron chi connectivity index (χ0n) is 22.5. The van der Waals surface area contributed by atoms with E-state index in [4.69, 9.17) is 62.4 Å². The van der Waals surface area contributed by atoms with Crippen LogP contribution in [-0.4, -0.2) is 93.9 Å². The van der Waals surface area contributed by atoms with E-state index in [1.165, 1.54) is 16.7 Å². The summed E-state index contributed by atoms with van der Waals surface area (Å²) >= 11 is 18.5. The third-order valence-corrected chi connectivity index (χ3v) is 10.4. The molecule has 3 fully saturated rings. The number of benzene rings is 1. The molecule has 248 valence electrons. The molecule has 3 aromatic heterocycles. The van der Waals surface area contributed by atoms with E-state index in [0.29, 0.717) is 0 Å². The number of halogens is 4. The molecule has 46 heavy (non-hydrogen) atoms. The number of hydrogen-bond donors (Lipinski definition) is 4. The number of imidazole rings is 2. The van der Waals surface area contributed by atoms with Crippen LogP contribution in [-0.2, 0) is 36.7 Å². The van der Waals surface area contributed by atoms with Gasteiger partial charge in [0.25, 0.3) is 5.56 Å². The molecule has 7 rings (SSSR count). The Hall–Kier alpha value is -2.06. The molecule has 24 heteroatoms. The Kier molecular flexibility index (Phi) is 8.35. The number of nitrogens with one attached hydrogen (secondary N) is 1. The van der Waals surface area contributed by atoms with Gasteiger partial charge in [0, 0.05) is 0 Å². The summed E-state index contributed by atoms with van der Waals surface area (Å²) in [5.41, 5.74) is -0.339. The van der Waals surface area contributed by atoms with Gasteiger partial charge in [-0.25, -0.2) is 28.5 Å². The maximum Gasteiger partial charge on any atom is 0.472 e. The molecule has 0 amide bonds. The van der Waals surface area contributed by atoms with E-state index in [1.807, 2.05) is 0 Å². The first-order chi connectivity index (χ1) is 21.7. The zero-order valence-corrected chi connectivity index (χ0v) is 26.6. The van der Waals surface area contributed by atoms with Crippen molar-refractivity contribution in [1.82, 2.24) is 29.1 Å². The number of nitrogens with zero attached hydrogens (tertiary/aromatic N) is 5. The van der Waals surface area contributed by atoms with Gasteiger partial charge < -0.3 is 29.4 Å². The Morgan fingerprint density at radius 3 is 2.30 bits per heavy atom. The van der Waals surface area contributed by atoms with Gasteiger partial charge in [0.15, 0.2) is 29.8 Å². The van der Waals surface area contributed by atoms with Crippen LogP contribution in [0.3, 0.4) is 0 Å². The fourth-order valence-corrected chi connectivity index (χ4v) is 7.95. The second-order valence-electron chi connectivity index (χ2n) is 10.3. The second-order valence-corrected chi connectivity index (χ2v) is 14.3. The van der Waals surface area contributed by atoms with Crippen molar-refractivity contribution in [3.8, 4) is 0 Å². The Balaban J connectivity index is 1.18. The molecule has 3 aliphatic rings. The summed E-state index contributed by atoms with van der Waals surface area (Å²) in [4.78, 5) is 47.6. The molecule has 0 spiro atoms. The highest BCUT2D eigenvalue weighted by molar-refractivity contribution is 7.47. The third-order valence-electron chi connectivity index (χ3n) is 7.47. The number of alkyl halides is 1. The van der Waals surface area contributed by atoms with E-state index in [1.54, 1.807) is 0 Å². The standard InChI is InChI=1S/C22H20Cl3FN6O12P2/c23-7-1-9-10(2-8(7)24)32(22(25)30-9)21-15(33)17-12(42-21)4-40-45(35,36)43-16-11(3-39-46(37,38)44-17)41-20(13(16)26)31-6-29-14-18(31)27-5-28-19(14)34/h1-2,5-6,11-13,15-17,20-21,33H,3-4H2,(H,35,36)(H,37,38)(H,27,28,34)/t11-,12-,13?,15?,16?,17?,20-,21-/m1/s1. The molecular formula is C22H20Cl3FN6O12P2. The quantitative estimate of drug-likeness (QED) is 0.216. The summed E-state index contributed by atoms with van der Waals surface area (Å²) in [5, 5.41) is 11.3. The van der Waals surface area contributed by atoms with Crippen LogP contribution in [0.2, 0.25) is 15.3 Å². The van der Waals surface area contributed by atoms with Crippen molar-refractivity contribution in [3.63, 3.8) is 0 Å². The number of hydrogen-bond acceptors (Lipinski definition) is 13. The molecular weight excluding hydrogens is 728 g/mol. The number of phosphoric ester groups is 2. The predicted molar refractivity (Wildman–Crippen MR) is 153 cm³/mol. The Morgan fingerprint density at radius 1 is 0.957 bits per heavy atom. The molecule has 0 saturated carbocycles. The van der Waals surface area contributed by atoms with Gasteiger partial charge in [-0.1, -0.05) is 23.2 Å². The minimum Gasteiger partial charge on any atom is -0.386 e. The lowest BCUT2D eigenvalue weighted by molar-refractivity contribution is -0.0662. The second kappa shape index (κ2) is 11.8. The smallest absolute Gasteiger partial charge is 0.386 e. The highest BCUT2D eigenvalue weighted by Gasteiger charge is 2.54. The van der Waals surface area contributed by atoms with Crippen molar-refractivity contribution in [2.24, 2.45) is 0 Å². The van der Waals surface area contributed by atoms with Crippen LogP contribution in [0.4, 0.5) is 4.39 Å². The molecule has 4 N–H and O–H groups in total.